The summed E-state index contributed by atoms with van der Waals surface area (Å²) in [7, 11) is -3.55. The van der Waals surface area contributed by atoms with E-state index in [2.05, 4.69) is 9.78 Å². The Morgan fingerprint density at radius 2 is 2.00 bits per heavy atom. The second-order valence-electron chi connectivity index (χ2n) is 3.62. The zero-order valence-corrected chi connectivity index (χ0v) is 11.5. The fourth-order valence-electron chi connectivity index (χ4n) is 1.29. The number of fused-ring (bicyclic) bond motifs is 1. The SMILES string of the molecule is CC(=O)OOCCN.O=C1NS(=O)(=O)c2ccccc21. The molecule has 1 aliphatic heterocycles. The van der Waals surface area contributed by atoms with Crippen LogP contribution in [0, 0.1) is 0 Å². The molecule has 1 amide bonds. The average Bonchev–Trinajstić information content (AvgIpc) is 2.61. The largest absolute Gasteiger partial charge is 0.339 e. The second kappa shape index (κ2) is 6.98. The molecule has 0 aromatic heterocycles. The van der Waals surface area contributed by atoms with E-state index >= 15 is 0 Å². The van der Waals surface area contributed by atoms with Gasteiger partial charge in [-0.3, -0.25) is 9.68 Å². The quantitative estimate of drug-likeness (QED) is 0.440. The molecule has 1 aliphatic rings. The van der Waals surface area contributed by atoms with Gasteiger partial charge in [0.05, 0.1) is 5.56 Å². The van der Waals surface area contributed by atoms with Crippen molar-refractivity contribution in [3.63, 3.8) is 0 Å². The van der Waals surface area contributed by atoms with Crippen molar-refractivity contribution >= 4 is 21.9 Å². The average molecular weight is 302 g/mol. The van der Waals surface area contributed by atoms with Gasteiger partial charge in [0, 0.05) is 13.5 Å². The molecule has 20 heavy (non-hydrogen) atoms. The third-order valence-corrected chi connectivity index (χ3v) is 3.41. The first-order chi connectivity index (χ1) is 9.38. The molecule has 0 saturated carbocycles. The van der Waals surface area contributed by atoms with Gasteiger partial charge in [-0.15, -0.1) is 0 Å². The highest BCUT2D eigenvalue weighted by atomic mass is 32.2. The Kier molecular flexibility index (Phi) is 5.62. The number of rotatable bonds is 3. The van der Waals surface area contributed by atoms with E-state index in [1.807, 2.05) is 4.72 Å². The highest BCUT2D eigenvalue weighted by molar-refractivity contribution is 7.90. The maximum Gasteiger partial charge on any atom is 0.339 e. The van der Waals surface area contributed by atoms with Crippen LogP contribution in [-0.2, 0) is 24.6 Å². The minimum absolute atomic E-state index is 0.0648. The summed E-state index contributed by atoms with van der Waals surface area (Å²) in [5, 5.41) is 0. The van der Waals surface area contributed by atoms with Crippen LogP contribution in [0.2, 0.25) is 0 Å². The molecular weight excluding hydrogens is 288 g/mol. The molecule has 0 aliphatic carbocycles. The zero-order valence-electron chi connectivity index (χ0n) is 10.7. The molecule has 0 radical (unpaired) electrons. The molecule has 1 aromatic rings. The summed E-state index contributed by atoms with van der Waals surface area (Å²) in [6, 6.07) is 6.09. The highest BCUT2D eigenvalue weighted by Gasteiger charge is 2.31. The van der Waals surface area contributed by atoms with Crippen LogP contribution in [0.5, 0.6) is 0 Å². The van der Waals surface area contributed by atoms with Crippen LogP contribution in [0.1, 0.15) is 17.3 Å². The van der Waals surface area contributed by atoms with Crippen LogP contribution in [0.15, 0.2) is 29.2 Å². The van der Waals surface area contributed by atoms with Gasteiger partial charge < -0.3 is 5.73 Å². The predicted molar refractivity (Wildman–Crippen MR) is 67.9 cm³/mol. The first-order valence-electron chi connectivity index (χ1n) is 5.54. The molecule has 0 spiro atoms. The molecule has 1 aromatic carbocycles. The topological polar surface area (TPSA) is 125 Å². The van der Waals surface area contributed by atoms with Crippen molar-refractivity contribution in [2.75, 3.05) is 13.2 Å². The first kappa shape index (κ1) is 16.1. The summed E-state index contributed by atoms with van der Waals surface area (Å²) >= 11 is 0. The molecule has 0 bridgehead atoms. The van der Waals surface area contributed by atoms with E-state index in [9.17, 15) is 18.0 Å². The van der Waals surface area contributed by atoms with E-state index in [0.717, 1.165) is 0 Å². The maximum absolute atomic E-state index is 11.1. The van der Waals surface area contributed by atoms with E-state index in [4.69, 9.17) is 5.73 Å². The van der Waals surface area contributed by atoms with Crippen LogP contribution in [0.25, 0.3) is 0 Å². The van der Waals surface area contributed by atoms with Gasteiger partial charge in [0.1, 0.15) is 11.5 Å². The number of hydrogen-bond acceptors (Lipinski definition) is 7. The number of amides is 1. The number of benzene rings is 1. The Balaban J connectivity index is 0.000000221. The van der Waals surface area contributed by atoms with Crippen molar-refractivity contribution in [1.29, 1.82) is 0 Å². The Bertz CT molecular complexity index is 599. The fraction of sp³-hybridized carbons (Fsp3) is 0.273. The fourth-order valence-corrected chi connectivity index (χ4v) is 2.47. The lowest BCUT2D eigenvalue weighted by atomic mass is 10.2. The van der Waals surface area contributed by atoms with Crippen molar-refractivity contribution in [2.24, 2.45) is 5.73 Å². The van der Waals surface area contributed by atoms with Crippen LogP contribution < -0.4 is 10.5 Å². The summed E-state index contributed by atoms with van der Waals surface area (Å²) in [6.45, 7) is 1.86. The number of carbonyl (C=O) groups is 2. The monoisotopic (exact) mass is 302 g/mol. The van der Waals surface area contributed by atoms with Crippen molar-refractivity contribution < 1.29 is 27.8 Å². The molecule has 0 unspecified atom stereocenters. The van der Waals surface area contributed by atoms with Crippen LogP contribution in [0.4, 0.5) is 0 Å². The van der Waals surface area contributed by atoms with E-state index in [1.165, 1.54) is 19.1 Å². The van der Waals surface area contributed by atoms with Crippen molar-refractivity contribution in [1.82, 2.24) is 4.72 Å². The summed E-state index contributed by atoms with van der Waals surface area (Å²) in [6.07, 6.45) is 0. The van der Waals surface area contributed by atoms with Gasteiger partial charge in [0.15, 0.2) is 0 Å². The van der Waals surface area contributed by atoms with E-state index in [-0.39, 0.29) is 17.1 Å². The van der Waals surface area contributed by atoms with Gasteiger partial charge >= 0.3 is 5.97 Å². The lowest BCUT2D eigenvalue weighted by molar-refractivity contribution is -0.268. The Morgan fingerprint density at radius 3 is 2.55 bits per heavy atom. The van der Waals surface area contributed by atoms with Gasteiger partial charge in [0.2, 0.25) is 0 Å². The van der Waals surface area contributed by atoms with Crippen LogP contribution >= 0.6 is 0 Å². The minimum atomic E-state index is -3.55. The Morgan fingerprint density at radius 1 is 1.35 bits per heavy atom. The number of sulfonamides is 1. The lowest BCUT2D eigenvalue weighted by Crippen LogP contribution is -2.20. The standard InChI is InChI=1S/C7H5NO3S.C4H9NO3/c9-7-5-3-1-2-4-6(5)12(10,11)8-7;1-4(6)8-7-3-2-5/h1-4H,(H,8,9);2-3,5H2,1H3. The van der Waals surface area contributed by atoms with Gasteiger partial charge in [0.25, 0.3) is 15.9 Å². The van der Waals surface area contributed by atoms with Gasteiger partial charge in [-0.25, -0.2) is 17.9 Å². The highest BCUT2D eigenvalue weighted by Crippen LogP contribution is 2.20. The Labute approximate surface area is 115 Å². The number of carbonyl (C=O) groups excluding carboxylic acids is 2. The number of nitrogens with one attached hydrogen (secondary N) is 1. The summed E-state index contributed by atoms with van der Waals surface area (Å²) in [5.74, 6) is -1.01. The van der Waals surface area contributed by atoms with Gasteiger partial charge in [-0.05, 0) is 12.1 Å². The van der Waals surface area contributed by atoms with Gasteiger partial charge in [-0.1, -0.05) is 12.1 Å². The molecule has 0 atom stereocenters. The molecule has 0 saturated heterocycles. The summed E-state index contributed by atoms with van der Waals surface area (Å²) in [4.78, 5) is 29.3. The number of nitrogens with two attached hydrogens (primary N) is 1. The zero-order chi connectivity index (χ0) is 15.2. The molecule has 110 valence electrons. The maximum atomic E-state index is 11.1. The van der Waals surface area contributed by atoms with E-state index in [0.29, 0.717) is 6.54 Å². The summed E-state index contributed by atoms with van der Waals surface area (Å²) in [5.41, 5.74) is 5.22. The smallest absolute Gasteiger partial charge is 0.328 e. The second-order valence-corrected chi connectivity index (χ2v) is 5.27. The predicted octanol–water partition coefficient (Wildman–Crippen LogP) is -0.441. The molecular formula is C11H14N2O6S. The third-order valence-electron chi connectivity index (χ3n) is 2.03. The minimum Gasteiger partial charge on any atom is -0.328 e. The normalized spacial score (nSPS) is 14.6. The van der Waals surface area contributed by atoms with Crippen LogP contribution in [-0.4, -0.2) is 33.4 Å². The third kappa shape index (κ3) is 4.30. The van der Waals surface area contributed by atoms with Crippen molar-refractivity contribution in [2.45, 2.75) is 11.8 Å². The molecule has 1 heterocycles. The molecule has 9 heteroatoms. The lowest BCUT2D eigenvalue weighted by Gasteiger charge is -1.95. The molecule has 8 nitrogen and oxygen atoms in total. The van der Waals surface area contributed by atoms with Crippen molar-refractivity contribution in [3.05, 3.63) is 29.8 Å². The van der Waals surface area contributed by atoms with Gasteiger partial charge in [-0.2, -0.15) is 4.89 Å². The summed E-state index contributed by atoms with van der Waals surface area (Å²) < 4.78 is 24.2. The van der Waals surface area contributed by atoms with E-state index < -0.39 is 21.9 Å². The van der Waals surface area contributed by atoms with E-state index in [1.54, 1.807) is 12.1 Å². The molecule has 3 N–H and O–H groups in total. The first-order valence-corrected chi connectivity index (χ1v) is 7.03. The number of hydrogen-bond donors (Lipinski definition) is 2. The Hall–Kier alpha value is -1.97. The molecule has 0 fully saturated rings. The van der Waals surface area contributed by atoms with Crippen LogP contribution in [0.3, 0.4) is 0 Å². The molecule has 2 rings (SSSR count). The van der Waals surface area contributed by atoms with Crippen molar-refractivity contribution in [3.8, 4) is 0 Å².